The van der Waals surface area contributed by atoms with Gasteiger partial charge >= 0.3 is 0 Å². The highest BCUT2D eigenvalue weighted by atomic mass is 15.1. The zero-order valence-corrected chi connectivity index (χ0v) is 13.3. The molecule has 0 amide bonds. The van der Waals surface area contributed by atoms with E-state index in [1.54, 1.807) is 0 Å². The first-order valence-electron chi connectivity index (χ1n) is 7.85. The Kier molecular flexibility index (Phi) is 11.6. The van der Waals surface area contributed by atoms with Crippen LogP contribution in [0.2, 0.25) is 0 Å². The molecule has 0 fully saturated rings. The van der Waals surface area contributed by atoms with Gasteiger partial charge in [-0.05, 0) is 76.3 Å². The summed E-state index contributed by atoms with van der Waals surface area (Å²) in [6, 6.07) is 0. The Balaban J connectivity index is 4.06. The minimum Gasteiger partial charge on any atom is -0.330 e. The second-order valence-electron chi connectivity index (χ2n) is 6.23. The van der Waals surface area contributed by atoms with Crippen molar-refractivity contribution in [3.63, 3.8) is 0 Å². The van der Waals surface area contributed by atoms with Crippen molar-refractivity contribution in [3.05, 3.63) is 0 Å². The number of nitrogens with zero attached hydrogens (tertiary/aromatic N) is 1. The Hall–Kier alpha value is -0.160. The molecule has 0 bridgehead atoms. The molecule has 0 aromatic rings. The van der Waals surface area contributed by atoms with Crippen LogP contribution in [0.4, 0.5) is 0 Å². The summed E-state index contributed by atoms with van der Waals surface area (Å²) in [7, 11) is 0. The molecule has 0 heterocycles. The van der Waals surface area contributed by atoms with Crippen molar-refractivity contribution in [2.75, 3.05) is 39.3 Å². The lowest BCUT2D eigenvalue weighted by Gasteiger charge is -2.26. The van der Waals surface area contributed by atoms with E-state index in [0.717, 1.165) is 39.3 Å². The van der Waals surface area contributed by atoms with Gasteiger partial charge in [0.1, 0.15) is 0 Å². The lowest BCUT2D eigenvalue weighted by Crippen LogP contribution is -2.32. The molecular formula is C15H36N4. The molecule has 0 aromatic heterocycles. The fourth-order valence-corrected chi connectivity index (χ4v) is 1.90. The van der Waals surface area contributed by atoms with Gasteiger partial charge in [0.15, 0.2) is 0 Å². The van der Waals surface area contributed by atoms with E-state index in [9.17, 15) is 0 Å². The zero-order chi connectivity index (χ0) is 14.7. The first kappa shape index (κ1) is 18.8. The van der Waals surface area contributed by atoms with Crippen molar-refractivity contribution in [1.29, 1.82) is 0 Å². The zero-order valence-electron chi connectivity index (χ0n) is 13.3. The third-order valence-electron chi connectivity index (χ3n) is 4.02. The molecule has 19 heavy (non-hydrogen) atoms. The molecule has 116 valence electrons. The predicted molar refractivity (Wildman–Crippen MR) is 84.9 cm³/mol. The molecule has 0 saturated heterocycles. The van der Waals surface area contributed by atoms with Crippen LogP contribution in [-0.2, 0) is 0 Å². The largest absolute Gasteiger partial charge is 0.330 e. The number of hydrogen-bond donors (Lipinski definition) is 3. The first-order valence-corrected chi connectivity index (χ1v) is 7.85. The number of rotatable bonds is 12. The lowest BCUT2D eigenvalue weighted by molar-refractivity contribution is 0.226. The molecular weight excluding hydrogens is 236 g/mol. The maximum Gasteiger partial charge on any atom is -0.00157 e. The van der Waals surface area contributed by atoms with Crippen LogP contribution in [0.1, 0.15) is 40.0 Å². The maximum absolute atomic E-state index is 5.69. The van der Waals surface area contributed by atoms with Gasteiger partial charge in [0.2, 0.25) is 0 Å². The van der Waals surface area contributed by atoms with E-state index in [1.165, 1.54) is 19.3 Å². The molecule has 0 radical (unpaired) electrons. The smallest absolute Gasteiger partial charge is 0.00157 e. The maximum atomic E-state index is 5.69. The van der Waals surface area contributed by atoms with E-state index >= 15 is 0 Å². The molecule has 3 unspecified atom stereocenters. The summed E-state index contributed by atoms with van der Waals surface area (Å²) < 4.78 is 0. The van der Waals surface area contributed by atoms with Gasteiger partial charge in [0.05, 0.1) is 0 Å². The van der Waals surface area contributed by atoms with Gasteiger partial charge in [-0.15, -0.1) is 0 Å². The normalized spacial score (nSPS) is 16.6. The molecule has 4 heteroatoms. The third-order valence-corrected chi connectivity index (χ3v) is 4.02. The highest BCUT2D eigenvalue weighted by molar-refractivity contribution is 4.66. The minimum atomic E-state index is 0.612. The predicted octanol–water partition coefficient (Wildman–Crippen LogP) is 1.24. The average Bonchev–Trinajstić information content (AvgIpc) is 2.44. The summed E-state index contributed by atoms with van der Waals surface area (Å²) in [5, 5.41) is 0. The summed E-state index contributed by atoms with van der Waals surface area (Å²) in [4.78, 5) is 2.56. The van der Waals surface area contributed by atoms with Crippen LogP contribution >= 0.6 is 0 Å². The molecule has 0 aliphatic heterocycles. The topological polar surface area (TPSA) is 81.3 Å². The molecule has 4 nitrogen and oxygen atoms in total. The molecule has 0 spiro atoms. The van der Waals surface area contributed by atoms with Crippen molar-refractivity contribution < 1.29 is 0 Å². The summed E-state index contributed by atoms with van der Waals surface area (Å²) >= 11 is 0. The highest BCUT2D eigenvalue weighted by Crippen LogP contribution is 2.09. The van der Waals surface area contributed by atoms with Crippen LogP contribution in [0.15, 0.2) is 0 Å². The molecule has 0 rings (SSSR count). The fourth-order valence-electron chi connectivity index (χ4n) is 1.90. The van der Waals surface area contributed by atoms with E-state index < -0.39 is 0 Å². The summed E-state index contributed by atoms with van der Waals surface area (Å²) in [5.74, 6) is 1.84. The Morgan fingerprint density at radius 3 is 1.11 bits per heavy atom. The second-order valence-corrected chi connectivity index (χ2v) is 6.23. The molecule has 0 aromatic carbocycles. The molecule has 0 aliphatic rings. The Bertz CT molecular complexity index is 165. The van der Waals surface area contributed by atoms with Crippen LogP contribution in [0.5, 0.6) is 0 Å². The number of nitrogens with two attached hydrogens (primary N) is 3. The van der Waals surface area contributed by atoms with E-state index in [0.29, 0.717) is 17.8 Å². The standard InChI is InChI=1S/C15H36N4/c1-13(10-16)4-7-19(8-5-14(2)11-17)9-6-15(3)12-18/h13-15H,4-12,16-18H2,1-3H3. The third kappa shape index (κ3) is 10.3. The van der Waals surface area contributed by atoms with Crippen LogP contribution in [0.3, 0.4) is 0 Å². The summed E-state index contributed by atoms with van der Waals surface area (Å²) in [6.07, 6.45) is 3.56. The van der Waals surface area contributed by atoms with Gasteiger partial charge < -0.3 is 22.1 Å². The van der Waals surface area contributed by atoms with Gasteiger partial charge in [-0.1, -0.05) is 20.8 Å². The Morgan fingerprint density at radius 1 is 0.632 bits per heavy atom. The Morgan fingerprint density at radius 2 is 0.895 bits per heavy atom. The molecule has 0 aliphatic carbocycles. The van der Waals surface area contributed by atoms with E-state index in [1.807, 2.05) is 0 Å². The van der Waals surface area contributed by atoms with Crippen molar-refractivity contribution >= 4 is 0 Å². The van der Waals surface area contributed by atoms with Gasteiger partial charge in [0.25, 0.3) is 0 Å². The summed E-state index contributed by atoms with van der Waals surface area (Å²) in [6.45, 7) is 12.5. The Labute approximate surface area is 120 Å². The fraction of sp³-hybridized carbons (Fsp3) is 1.00. The van der Waals surface area contributed by atoms with Crippen LogP contribution in [0.25, 0.3) is 0 Å². The van der Waals surface area contributed by atoms with Gasteiger partial charge in [0, 0.05) is 0 Å². The van der Waals surface area contributed by atoms with Gasteiger partial charge in [-0.2, -0.15) is 0 Å². The first-order chi connectivity index (χ1) is 9.03. The molecule has 3 atom stereocenters. The molecule has 0 saturated carbocycles. The average molecular weight is 272 g/mol. The van der Waals surface area contributed by atoms with Crippen molar-refractivity contribution in [3.8, 4) is 0 Å². The van der Waals surface area contributed by atoms with Crippen molar-refractivity contribution in [1.82, 2.24) is 4.90 Å². The minimum absolute atomic E-state index is 0.612. The van der Waals surface area contributed by atoms with Gasteiger partial charge in [-0.3, -0.25) is 0 Å². The van der Waals surface area contributed by atoms with Gasteiger partial charge in [-0.25, -0.2) is 0 Å². The summed E-state index contributed by atoms with van der Waals surface area (Å²) in [5.41, 5.74) is 17.1. The van der Waals surface area contributed by atoms with Crippen LogP contribution < -0.4 is 17.2 Å². The lowest BCUT2D eigenvalue weighted by atomic mass is 10.0. The quantitative estimate of drug-likeness (QED) is 0.499. The van der Waals surface area contributed by atoms with Crippen molar-refractivity contribution in [2.24, 2.45) is 35.0 Å². The monoisotopic (exact) mass is 272 g/mol. The second kappa shape index (κ2) is 11.6. The van der Waals surface area contributed by atoms with E-state index in [4.69, 9.17) is 17.2 Å². The number of hydrogen-bond acceptors (Lipinski definition) is 4. The van der Waals surface area contributed by atoms with Crippen LogP contribution in [0, 0.1) is 17.8 Å². The van der Waals surface area contributed by atoms with E-state index in [-0.39, 0.29) is 0 Å². The van der Waals surface area contributed by atoms with Crippen molar-refractivity contribution in [2.45, 2.75) is 40.0 Å². The SMILES string of the molecule is CC(CN)CCN(CCC(C)CN)CCC(C)CN. The molecule has 6 N–H and O–H groups in total. The van der Waals surface area contributed by atoms with Crippen LogP contribution in [-0.4, -0.2) is 44.2 Å². The highest BCUT2D eigenvalue weighted by Gasteiger charge is 2.10. The van der Waals surface area contributed by atoms with E-state index in [2.05, 4.69) is 25.7 Å².